The van der Waals surface area contributed by atoms with Crippen molar-refractivity contribution in [3.05, 3.63) is 29.8 Å². The Morgan fingerprint density at radius 1 is 1.35 bits per heavy atom. The van der Waals surface area contributed by atoms with E-state index in [9.17, 15) is 9.59 Å². The molecule has 1 amide bonds. The van der Waals surface area contributed by atoms with Crippen LogP contribution in [0.2, 0.25) is 0 Å². The Labute approximate surface area is 118 Å². The van der Waals surface area contributed by atoms with E-state index in [4.69, 9.17) is 9.47 Å². The van der Waals surface area contributed by atoms with Crippen LogP contribution in [-0.2, 0) is 14.3 Å². The Morgan fingerprint density at radius 3 is 2.60 bits per heavy atom. The maximum atomic E-state index is 12.1. The Morgan fingerprint density at radius 2 is 2.05 bits per heavy atom. The summed E-state index contributed by atoms with van der Waals surface area (Å²) in [5.74, 6) is -0.512. The summed E-state index contributed by atoms with van der Waals surface area (Å²) in [4.78, 5) is 23.6. The lowest BCUT2D eigenvalue weighted by Crippen LogP contribution is -2.27. The van der Waals surface area contributed by atoms with Crippen LogP contribution < -0.4 is 5.32 Å². The van der Waals surface area contributed by atoms with E-state index < -0.39 is 0 Å². The van der Waals surface area contributed by atoms with Crippen LogP contribution in [0.1, 0.15) is 30.6 Å². The molecule has 1 aromatic rings. The van der Waals surface area contributed by atoms with Gasteiger partial charge in [-0.1, -0.05) is 0 Å². The third-order valence-corrected chi connectivity index (χ3v) is 3.38. The van der Waals surface area contributed by atoms with Gasteiger partial charge in [0.05, 0.1) is 24.2 Å². The number of carbonyl (C=O) groups excluding carboxylic acids is 2. The monoisotopic (exact) mass is 277 g/mol. The van der Waals surface area contributed by atoms with Gasteiger partial charge in [-0.05, 0) is 44.5 Å². The van der Waals surface area contributed by atoms with Gasteiger partial charge in [-0.25, -0.2) is 4.79 Å². The molecule has 1 aliphatic rings. The molecule has 0 saturated carbocycles. The number of hydrogen-bond donors (Lipinski definition) is 1. The molecule has 1 fully saturated rings. The van der Waals surface area contributed by atoms with Crippen LogP contribution in [-0.4, -0.2) is 31.2 Å². The highest BCUT2D eigenvalue weighted by Gasteiger charge is 2.30. The second-order valence-electron chi connectivity index (χ2n) is 4.76. The molecule has 1 heterocycles. The van der Waals surface area contributed by atoms with Crippen LogP contribution in [0.5, 0.6) is 0 Å². The molecule has 1 N–H and O–H groups in total. The summed E-state index contributed by atoms with van der Waals surface area (Å²) in [7, 11) is 0. The van der Waals surface area contributed by atoms with E-state index in [1.807, 2.05) is 6.92 Å². The van der Waals surface area contributed by atoms with Gasteiger partial charge < -0.3 is 14.8 Å². The summed E-state index contributed by atoms with van der Waals surface area (Å²) in [6.07, 6.45) is 0.697. The smallest absolute Gasteiger partial charge is 0.338 e. The molecule has 2 rings (SSSR count). The highest BCUT2D eigenvalue weighted by molar-refractivity contribution is 5.94. The minimum absolute atomic E-state index is 0.0427. The van der Waals surface area contributed by atoms with Crippen molar-refractivity contribution in [3.63, 3.8) is 0 Å². The van der Waals surface area contributed by atoms with Crippen molar-refractivity contribution in [1.82, 2.24) is 0 Å². The number of amides is 1. The van der Waals surface area contributed by atoms with E-state index in [2.05, 4.69) is 5.32 Å². The predicted octanol–water partition coefficient (Wildman–Crippen LogP) is 2.23. The Bertz CT molecular complexity index is 483. The van der Waals surface area contributed by atoms with E-state index in [1.54, 1.807) is 31.2 Å². The molecule has 1 aliphatic heterocycles. The first kappa shape index (κ1) is 14.5. The number of anilines is 1. The SMILES string of the molecule is CCOC(=O)c1ccc(NC(=O)C2CCOC2C)cc1. The van der Waals surface area contributed by atoms with Crippen molar-refractivity contribution in [2.45, 2.75) is 26.4 Å². The third kappa shape index (κ3) is 3.36. The summed E-state index contributed by atoms with van der Waals surface area (Å²) in [5, 5.41) is 2.84. The lowest BCUT2D eigenvalue weighted by atomic mass is 10.0. The first-order chi connectivity index (χ1) is 9.61. The third-order valence-electron chi connectivity index (χ3n) is 3.38. The molecule has 1 aromatic carbocycles. The summed E-state index contributed by atoms with van der Waals surface area (Å²) < 4.78 is 10.3. The second-order valence-corrected chi connectivity index (χ2v) is 4.76. The average molecular weight is 277 g/mol. The zero-order valence-electron chi connectivity index (χ0n) is 11.7. The zero-order chi connectivity index (χ0) is 14.5. The van der Waals surface area contributed by atoms with Crippen LogP contribution >= 0.6 is 0 Å². The van der Waals surface area contributed by atoms with Gasteiger partial charge in [0, 0.05) is 12.3 Å². The highest BCUT2D eigenvalue weighted by Crippen LogP contribution is 2.22. The standard InChI is InChI=1S/C15H19NO4/c1-3-19-15(18)11-4-6-12(7-5-11)16-14(17)13-8-9-20-10(13)2/h4-7,10,13H,3,8-9H2,1-2H3,(H,16,17). The van der Waals surface area contributed by atoms with Crippen LogP contribution in [0.15, 0.2) is 24.3 Å². The zero-order valence-corrected chi connectivity index (χ0v) is 11.7. The molecule has 0 bridgehead atoms. The number of carbonyl (C=O) groups is 2. The number of nitrogens with one attached hydrogen (secondary N) is 1. The number of rotatable bonds is 4. The van der Waals surface area contributed by atoms with E-state index in [-0.39, 0.29) is 23.9 Å². The molecule has 0 aromatic heterocycles. The number of benzene rings is 1. The number of hydrogen-bond acceptors (Lipinski definition) is 4. The molecular weight excluding hydrogens is 258 g/mol. The first-order valence-corrected chi connectivity index (χ1v) is 6.81. The first-order valence-electron chi connectivity index (χ1n) is 6.81. The van der Waals surface area contributed by atoms with Gasteiger partial charge in [-0.15, -0.1) is 0 Å². The van der Waals surface area contributed by atoms with Gasteiger partial charge in [-0.2, -0.15) is 0 Å². The van der Waals surface area contributed by atoms with Crippen molar-refractivity contribution in [3.8, 4) is 0 Å². The number of ether oxygens (including phenoxy) is 2. The lowest BCUT2D eigenvalue weighted by Gasteiger charge is -2.14. The van der Waals surface area contributed by atoms with Crippen LogP contribution in [0.25, 0.3) is 0 Å². The highest BCUT2D eigenvalue weighted by atomic mass is 16.5. The fourth-order valence-electron chi connectivity index (χ4n) is 2.22. The maximum Gasteiger partial charge on any atom is 0.338 e. The summed E-state index contributed by atoms with van der Waals surface area (Å²) in [6.45, 7) is 4.64. The molecule has 0 spiro atoms. The Balaban J connectivity index is 1.96. The maximum absolute atomic E-state index is 12.1. The van der Waals surface area contributed by atoms with Crippen LogP contribution in [0.4, 0.5) is 5.69 Å². The van der Waals surface area contributed by atoms with Gasteiger partial charge >= 0.3 is 5.97 Å². The molecule has 1 saturated heterocycles. The summed E-state index contributed by atoms with van der Waals surface area (Å²) >= 11 is 0. The second kappa shape index (κ2) is 6.52. The molecule has 5 nitrogen and oxygen atoms in total. The van der Waals surface area contributed by atoms with Crippen molar-refractivity contribution in [1.29, 1.82) is 0 Å². The predicted molar refractivity (Wildman–Crippen MR) is 74.5 cm³/mol. The minimum atomic E-state index is -0.358. The van der Waals surface area contributed by atoms with Gasteiger partial charge in [0.15, 0.2) is 0 Å². The fraction of sp³-hybridized carbons (Fsp3) is 0.467. The number of esters is 1. The van der Waals surface area contributed by atoms with Crippen molar-refractivity contribution < 1.29 is 19.1 Å². The topological polar surface area (TPSA) is 64.6 Å². The van der Waals surface area contributed by atoms with E-state index in [0.29, 0.717) is 24.5 Å². The van der Waals surface area contributed by atoms with E-state index in [1.165, 1.54) is 0 Å². The van der Waals surface area contributed by atoms with E-state index >= 15 is 0 Å². The van der Waals surface area contributed by atoms with Gasteiger partial charge in [0.25, 0.3) is 0 Å². The van der Waals surface area contributed by atoms with E-state index in [0.717, 1.165) is 6.42 Å². The lowest BCUT2D eigenvalue weighted by molar-refractivity contribution is -0.121. The van der Waals surface area contributed by atoms with Crippen molar-refractivity contribution in [2.24, 2.45) is 5.92 Å². The summed E-state index contributed by atoms with van der Waals surface area (Å²) in [6, 6.07) is 6.68. The molecular formula is C15H19NO4. The molecule has 0 radical (unpaired) electrons. The molecule has 2 unspecified atom stereocenters. The van der Waals surface area contributed by atoms with Crippen LogP contribution in [0, 0.1) is 5.92 Å². The van der Waals surface area contributed by atoms with Gasteiger partial charge in [0.2, 0.25) is 5.91 Å². The molecule has 0 aliphatic carbocycles. The molecule has 2 atom stereocenters. The van der Waals surface area contributed by atoms with Crippen molar-refractivity contribution >= 4 is 17.6 Å². The van der Waals surface area contributed by atoms with Gasteiger partial charge in [0.1, 0.15) is 0 Å². The summed E-state index contributed by atoms with van der Waals surface area (Å²) in [5.41, 5.74) is 1.14. The fourth-order valence-corrected chi connectivity index (χ4v) is 2.22. The minimum Gasteiger partial charge on any atom is -0.462 e. The molecule has 20 heavy (non-hydrogen) atoms. The molecule has 5 heteroatoms. The molecule has 108 valence electrons. The van der Waals surface area contributed by atoms with Crippen LogP contribution in [0.3, 0.4) is 0 Å². The Hall–Kier alpha value is -1.88. The largest absolute Gasteiger partial charge is 0.462 e. The normalized spacial score (nSPS) is 21.5. The average Bonchev–Trinajstić information content (AvgIpc) is 2.86. The Kier molecular flexibility index (Phi) is 4.74. The van der Waals surface area contributed by atoms with Gasteiger partial charge in [-0.3, -0.25) is 4.79 Å². The van der Waals surface area contributed by atoms with Crippen molar-refractivity contribution in [2.75, 3.05) is 18.5 Å². The quantitative estimate of drug-likeness (QED) is 0.857.